The van der Waals surface area contributed by atoms with Gasteiger partial charge in [-0.3, -0.25) is 4.79 Å². The predicted octanol–water partition coefficient (Wildman–Crippen LogP) is 4.40. The molecule has 1 saturated carbocycles. The quantitative estimate of drug-likeness (QED) is 0.787. The molecule has 2 aromatic rings. The molecular weight excluding hydrogens is 350 g/mol. The van der Waals surface area contributed by atoms with Gasteiger partial charge in [0, 0.05) is 10.6 Å². The number of ether oxygens (including phenoxy) is 2. The zero-order valence-electron chi connectivity index (χ0n) is 14.4. The van der Waals surface area contributed by atoms with Crippen molar-refractivity contribution < 1.29 is 14.3 Å². The molecule has 2 fully saturated rings. The fourth-order valence-corrected chi connectivity index (χ4v) is 4.55. The number of carbonyl (C=O) groups is 1. The predicted molar refractivity (Wildman–Crippen MR) is 99.0 cm³/mol. The number of halogens is 1. The maximum Gasteiger partial charge on any atom is 0.292 e. The van der Waals surface area contributed by atoms with Crippen LogP contribution in [0.25, 0.3) is 0 Å². The van der Waals surface area contributed by atoms with E-state index in [9.17, 15) is 4.79 Å². The molecule has 1 amide bonds. The van der Waals surface area contributed by atoms with Crippen LogP contribution >= 0.6 is 11.6 Å². The molecule has 2 aliphatic heterocycles. The van der Waals surface area contributed by atoms with Gasteiger partial charge in [0.25, 0.3) is 11.7 Å². The standard InChI is InChI=1S/C21H20ClNO3/c22-16-9-3-1-7-14(16)13-23-17-10-4-2-8-15(17)21(20(23)24)25-18-11-5-6-12-19(18)26-21/h1-4,7-10,18-19H,5-6,11-13H2/t18-,19-/m1/s1. The Hall–Kier alpha value is -1.88. The largest absolute Gasteiger partial charge is 0.332 e. The molecule has 1 spiro atoms. The van der Waals surface area contributed by atoms with Gasteiger partial charge < -0.3 is 14.4 Å². The second-order valence-electron chi connectivity index (χ2n) is 7.21. The Morgan fingerprint density at radius 2 is 1.65 bits per heavy atom. The van der Waals surface area contributed by atoms with Crippen LogP contribution in [-0.2, 0) is 26.6 Å². The van der Waals surface area contributed by atoms with E-state index in [1.807, 2.05) is 48.5 Å². The van der Waals surface area contributed by atoms with Gasteiger partial charge in [-0.25, -0.2) is 0 Å². The van der Waals surface area contributed by atoms with E-state index in [4.69, 9.17) is 21.1 Å². The van der Waals surface area contributed by atoms with Crippen LogP contribution in [0.3, 0.4) is 0 Å². The summed E-state index contributed by atoms with van der Waals surface area (Å²) in [6.07, 6.45) is 4.15. The third-order valence-electron chi connectivity index (χ3n) is 5.64. The third-order valence-corrected chi connectivity index (χ3v) is 6.01. The summed E-state index contributed by atoms with van der Waals surface area (Å²) >= 11 is 6.33. The van der Waals surface area contributed by atoms with Crippen LogP contribution in [0.2, 0.25) is 5.02 Å². The molecule has 5 rings (SSSR count). The molecule has 0 radical (unpaired) electrons. The number of hydrogen-bond donors (Lipinski definition) is 0. The lowest BCUT2D eigenvalue weighted by atomic mass is 9.95. The van der Waals surface area contributed by atoms with Crippen molar-refractivity contribution in [3.05, 3.63) is 64.7 Å². The van der Waals surface area contributed by atoms with Crippen LogP contribution in [0.5, 0.6) is 0 Å². The van der Waals surface area contributed by atoms with Crippen LogP contribution in [-0.4, -0.2) is 18.1 Å². The monoisotopic (exact) mass is 369 g/mol. The van der Waals surface area contributed by atoms with E-state index in [0.717, 1.165) is 42.5 Å². The van der Waals surface area contributed by atoms with Gasteiger partial charge in [0.2, 0.25) is 0 Å². The average Bonchev–Trinajstić information content (AvgIpc) is 3.16. The van der Waals surface area contributed by atoms with Crippen molar-refractivity contribution in [2.45, 2.75) is 50.2 Å². The summed E-state index contributed by atoms with van der Waals surface area (Å²) in [5, 5.41) is 0.653. The first-order valence-corrected chi connectivity index (χ1v) is 9.57. The number of carbonyl (C=O) groups excluding carboxylic acids is 1. The van der Waals surface area contributed by atoms with Gasteiger partial charge in [-0.1, -0.05) is 60.8 Å². The Morgan fingerprint density at radius 1 is 1.00 bits per heavy atom. The van der Waals surface area contributed by atoms with Crippen molar-refractivity contribution >= 4 is 23.2 Å². The molecule has 5 heteroatoms. The molecule has 1 saturated heterocycles. The number of fused-ring (bicyclic) bond motifs is 3. The molecule has 1 aliphatic carbocycles. The molecule has 0 N–H and O–H groups in total. The summed E-state index contributed by atoms with van der Waals surface area (Å²) < 4.78 is 12.6. The zero-order valence-corrected chi connectivity index (χ0v) is 15.1. The van der Waals surface area contributed by atoms with Crippen molar-refractivity contribution in [1.82, 2.24) is 0 Å². The Balaban J connectivity index is 1.55. The number of benzene rings is 2. The van der Waals surface area contributed by atoms with E-state index >= 15 is 0 Å². The fraction of sp³-hybridized carbons (Fsp3) is 0.381. The lowest BCUT2D eigenvalue weighted by molar-refractivity contribution is -0.190. The summed E-state index contributed by atoms with van der Waals surface area (Å²) in [6, 6.07) is 15.4. The number of rotatable bonds is 2. The summed E-state index contributed by atoms with van der Waals surface area (Å²) in [5.74, 6) is -1.44. The molecule has 26 heavy (non-hydrogen) atoms. The van der Waals surface area contributed by atoms with E-state index < -0.39 is 5.79 Å². The Bertz CT molecular complexity index is 854. The van der Waals surface area contributed by atoms with Crippen molar-refractivity contribution in [2.24, 2.45) is 0 Å². The van der Waals surface area contributed by atoms with Crippen LogP contribution in [0, 0.1) is 0 Å². The number of hydrogen-bond acceptors (Lipinski definition) is 3. The molecule has 2 atom stereocenters. The van der Waals surface area contributed by atoms with Crippen LogP contribution in [0.4, 0.5) is 5.69 Å². The minimum absolute atomic E-state index is 0.000944. The SMILES string of the molecule is O=C1N(Cc2ccccc2Cl)c2ccccc2C12O[C@@H]1CCCC[C@H]1O2. The van der Waals surface area contributed by atoms with Crippen LogP contribution in [0.1, 0.15) is 36.8 Å². The van der Waals surface area contributed by atoms with Crippen LogP contribution < -0.4 is 4.90 Å². The minimum atomic E-state index is -1.29. The fourth-order valence-electron chi connectivity index (χ4n) is 4.36. The first-order chi connectivity index (χ1) is 12.7. The highest BCUT2D eigenvalue weighted by Gasteiger charge is 2.61. The number of amides is 1. The molecule has 0 bridgehead atoms. The minimum Gasteiger partial charge on any atom is -0.332 e. The maximum atomic E-state index is 13.5. The van der Waals surface area contributed by atoms with Crippen molar-refractivity contribution in [3.63, 3.8) is 0 Å². The summed E-state index contributed by atoms with van der Waals surface area (Å²) in [6.45, 7) is 0.402. The second kappa shape index (κ2) is 6.08. The normalized spacial score (nSPS) is 26.2. The number of nitrogens with zero attached hydrogens (tertiary/aromatic N) is 1. The van der Waals surface area contributed by atoms with Gasteiger partial charge in [0.15, 0.2) is 0 Å². The van der Waals surface area contributed by atoms with Gasteiger partial charge in [0.05, 0.1) is 24.4 Å². The van der Waals surface area contributed by atoms with E-state index in [2.05, 4.69) is 0 Å². The molecule has 2 aromatic carbocycles. The topological polar surface area (TPSA) is 38.8 Å². The molecule has 3 aliphatic rings. The highest BCUT2D eigenvalue weighted by Crippen LogP contribution is 2.51. The molecule has 2 heterocycles. The second-order valence-corrected chi connectivity index (χ2v) is 7.62. The Kier molecular flexibility index (Phi) is 3.82. The van der Waals surface area contributed by atoms with Crippen molar-refractivity contribution in [2.75, 3.05) is 4.90 Å². The molecular formula is C21H20ClNO3. The molecule has 4 nitrogen and oxygen atoms in total. The highest BCUT2D eigenvalue weighted by molar-refractivity contribution is 6.31. The van der Waals surface area contributed by atoms with Gasteiger partial charge in [-0.15, -0.1) is 0 Å². The Labute approximate surface area is 157 Å². The van der Waals surface area contributed by atoms with Gasteiger partial charge in [-0.2, -0.15) is 0 Å². The Morgan fingerprint density at radius 3 is 2.38 bits per heavy atom. The summed E-state index contributed by atoms with van der Waals surface area (Å²) in [4.78, 5) is 15.2. The first kappa shape index (κ1) is 16.3. The first-order valence-electron chi connectivity index (χ1n) is 9.19. The number of anilines is 1. The average molecular weight is 370 g/mol. The van der Waals surface area contributed by atoms with Gasteiger partial charge in [-0.05, 0) is 30.5 Å². The van der Waals surface area contributed by atoms with Crippen molar-refractivity contribution in [3.8, 4) is 0 Å². The van der Waals surface area contributed by atoms with Crippen molar-refractivity contribution in [1.29, 1.82) is 0 Å². The zero-order chi connectivity index (χ0) is 17.7. The van der Waals surface area contributed by atoms with E-state index in [1.54, 1.807) is 4.90 Å². The summed E-state index contributed by atoms with van der Waals surface area (Å²) in [7, 11) is 0. The van der Waals surface area contributed by atoms with E-state index in [0.29, 0.717) is 11.6 Å². The molecule has 0 aromatic heterocycles. The van der Waals surface area contributed by atoms with Crippen LogP contribution in [0.15, 0.2) is 48.5 Å². The maximum absolute atomic E-state index is 13.5. The van der Waals surface area contributed by atoms with Gasteiger partial charge in [0.1, 0.15) is 0 Å². The lowest BCUT2D eigenvalue weighted by Crippen LogP contribution is -2.41. The van der Waals surface area contributed by atoms with E-state index in [-0.39, 0.29) is 18.1 Å². The molecule has 0 unspecified atom stereocenters. The van der Waals surface area contributed by atoms with E-state index in [1.165, 1.54) is 0 Å². The highest BCUT2D eigenvalue weighted by atomic mass is 35.5. The molecule has 134 valence electrons. The third kappa shape index (κ3) is 2.33. The van der Waals surface area contributed by atoms with Gasteiger partial charge >= 0.3 is 0 Å². The number of para-hydroxylation sites is 1. The summed E-state index contributed by atoms with van der Waals surface area (Å²) in [5.41, 5.74) is 2.56. The smallest absolute Gasteiger partial charge is 0.292 e. The lowest BCUT2D eigenvalue weighted by Gasteiger charge is -2.23.